The van der Waals surface area contributed by atoms with Crippen molar-refractivity contribution >= 4 is 23.6 Å². The number of hydrogen-bond acceptors (Lipinski definition) is 5. The summed E-state index contributed by atoms with van der Waals surface area (Å²) >= 11 is 1.50. The van der Waals surface area contributed by atoms with Crippen molar-refractivity contribution < 1.29 is 19.1 Å². The van der Waals surface area contributed by atoms with E-state index in [4.69, 9.17) is 9.47 Å². The lowest BCUT2D eigenvalue weighted by Gasteiger charge is -2.40. The Morgan fingerprint density at radius 2 is 1.84 bits per heavy atom. The standard InChI is InChI=1S/C18H20N2O4S/c1-16(2)8-18-15(22)19(4)17(3,25-18)14(21)20(18)13(16)10-5-6-11-12(7-10)24-9-23-11/h5-7,13H,8-9H2,1-4H3/t13-,17+,18+/m0/s1. The fourth-order valence-electron chi connectivity index (χ4n) is 4.89. The van der Waals surface area contributed by atoms with Crippen LogP contribution in [0, 0.1) is 5.41 Å². The first-order chi connectivity index (χ1) is 11.7. The molecule has 4 heterocycles. The van der Waals surface area contributed by atoms with E-state index in [9.17, 15) is 9.59 Å². The summed E-state index contributed by atoms with van der Waals surface area (Å²) in [7, 11) is 1.74. The molecule has 7 heteroatoms. The van der Waals surface area contributed by atoms with Gasteiger partial charge in [-0.15, -0.1) is 0 Å². The maximum absolute atomic E-state index is 13.3. The third kappa shape index (κ3) is 1.58. The molecule has 4 aliphatic rings. The second-order valence-corrected chi connectivity index (χ2v) is 9.76. The highest BCUT2D eigenvalue weighted by atomic mass is 32.2. The summed E-state index contributed by atoms with van der Waals surface area (Å²) in [5.74, 6) is 1.48. The first-order valence-corrected chi connectivity index (χ1v) is 9.24. The Morgan fingerprint density at radius 1 is 1.12 bits per heavy atom. The van der Waals surface area contributed by atoms with E-state index >= 15 is 0 Å². The van der Waals surface area contributed by atoms with Crippen molar-refractivity contribution in [2.75, 3.05) is 13.8 Å². The van der Waals surface area contributed by atoms with E-state index in [0.29, 0.717) is 12.2 Å². The molecule has 3 atom stereocenters. The summed E-state index contributed by atoms with van der Waals surface area (Å²) < 4.78 is 10.9. The van der Waals surface area contributed by atoms with E-state index in [2.05, 4.69) is 13.8 Å². The van der Waals surface area contributed by atoms with Crippen LogP contribution in [0.15, 0.2) is 18.2 Å². The molecule has 3 saturated heterocycles. The number of nitrogens with zero attached hydrogens (tertiary/aromatic N) is 2. The van der Waals surface area contributed by atoms with Gasteiger partial charge in [0.15, 0.2) is 21.2 Å². The molecule has 25 heavy (non-hydrogen) atoms. The highest BCUT2D eigenvalue weighted by Crippen LogP contribution is 2.69. The van der Waals surface area contributed by atoms with E-state index in [-0.39, 0.29) is 30.1 Å². The summed E-state index contributed by atoms with van der Waals surface area (Å²) in [5.41, 5.74) is 0.769. The van der Waals surface area contributed by atoms with Crippen LogP contribution in [-0.4, -0.2) is 45.2 Å². The monoisotopic (exact) mass is 360 g/mol. The van der Waals surface area contributed by atoms with Crippen LogP contribution in [0.2, 0.25) is 0 Å². The van der Waals surface area contributed by atoms with Crippen LogP contribution in [0.5, 0.6) is 11.5 Å². The summed E-state index contributed by atoms with van der Waals surface area (Å²) in [4.78, 5) is 28.2. The van der Waals surface area contributed by atoms with Crippen LogP contribution in [0.4, 0.5) is 0 Å². The first-order valence-electron chi connectivity index (χ1n) is 8.42. The van der Waals surface area contributed by atoms with E-state index in [0.717, 1.165) is 11.3 Å². The molecular weight excluding hydrogens is 340 g/mol. The van der Waals surface area contributed by atoms with Gasteiger partial charge in [-0.25, -0.2) is 0 Å². The van der Waals surface area contributed by atoms with Crippen molar-refractivity contribution in [1.29, 1.82) is 0 Å². The summed E-state index contributed by atoms with van der Waals surface area (Å²) in [6.07, 6.45) is 0.647. The number of carbonyl (C=O) groups is 2. The Hall–Kier alpha value is -1.89. The summed E-state index contributed by atoms with van der Waals surface area (Å²) in [6.45, 7) is 6.34. The van der Waals surface area contributed by atoms with E-state index in [1.54, 1.807) is 11.9 Å². The highest BCUT2D eigenvalue weighted by molar-refractivity contribution is 8.04. The van der Waals surface area contributed by atoms with Gasteiger partial charge in [0.25, 0.3) is 11.8 Å². The quantitative estimate of drug-likeness (QED) is 0.769. The Balaban J connectivity index is 1.66. The SMILES string of the molecule is CN1C(=O)[C@]23CC(C)(C)[C@H](c4ccc5c(c4)OCO5)N2C(=O)[C@@]1(C)S3. The van der Waals surface area contributed by atoms with Crippen LogP contribution in [0.3, 0.4) is 0 Å². The van der Waals surface area contributed by atoms with E-state index < -0.39 is 9.74 Å². The molecule has 0 aliphatic carbocycles. The maximum atomic E-state index is 13.3. The molecule has 0 radical (unpaired) electrons. The van der Waals surface area contributed by atoms with Gasteiger partial charge in [-0.2, -0.15) is 0 Å². The molecule has 1 spiro atoms. The van der Waals surface area contributed by atoms with Gasteiger partial charge in [-0.1, -0.05) is 31.7 Å². The van der Waals surface area contributed by atoms with Crippen LogP contribution in [-0.2, 0) is 9.59 Å². The van der Waals surface area contributed by atoms with Crippen molar-refractivity contribution in [1.82, 2.24) is 9.80 Å². The van der Waals surface area contributed by atoms with Gasteiger partial charge in [0.1, 0.15) is 0 Å². The van der Waals surface area contributed by atoms with Gasteiger partial charge < -0.3 is 19.3 Å². The molecule has 4 aliphatic heterocycles. The lowest BCUT2D eigenvalue weighted by atomic mass is 9.80. The topological polar surface area (TPSA) is 59.1 Å². The average Bonchev–Trinajstić information content (AvgIpc) is 3.20. The minimum Gasteiger partial charge on any atom is -0.454 e. The zero-order chi connectivity index (χ0) is 17.8. The third-order valence-corrected chi connectivity index (χ3v) is 7.76. The first kappa shape index (κ1) is 15.4. The van der Waals surface area contributed by atoms with Crippen molar-refractivity contribution in [3.05, 3.63) is 23.8 Å². The molecule has 0 saturated carbocycles. The molecule has 1 aromatic rings. The highest BCUT2D eigenvalue weighted by Gasteiger charge is 2.77. The molecule has 3 fully saturated rings. The van der Waals surface area contributed by atoms with Crippen molar-refractivity contribution in [2.45, 2.75) is 43.0 Å². The number of benzene rings is 1. The van der Waals surface area contributed by atoms with Crippen molar-refractivity contribution in [3.8, 4) is 11.5 Å². The van der Waals surface area contributed by atoms with Crippen LogP contribution in [0.25, 0.3) is 0 Å². The minimum absolute atomic E-state index is 0.0211. The molecule has 2 amide bonds. The molecule has 1 aromatic carbocycles. The van der Waals surface area contributed by atoms with Crippen molar-refractivity contribution in [3.63, 3.8) is 0 Å². The molecule has 0 N–H and O–H groups in total. The molecule has 0 unspecified atom stereocenters. The fourth-order valence-corrected chi connectivity index (χ4v) is 6.91. The number of rotatable bonds is 1. The van der Waals surface area contributed by atoms with Gasteiger partial charge in [-0.05, 0) is 36.5 Å². The molecule has 0 aromatic heterocycles. The Labute approximate surface area is 150 Å². The molecule has 132 valence electrons. The number of thioether (sulfide) groups is 1. The van der Waals surface area contributed by atoms with Crippen LogP contribution < -0.4 is 9.47 Å². The van der Waals surface area contributed by atoms with Gasteiger partial charge in [-0.3, -0.25) is 9.59 Å². The Kier molecular flexibility index (Phi) is 2.62. The fraction of sp³-hybridized carbons (Fsp3) is 0.556. The van der Waals surface area contributed by atoms with Gasteiger partial charge >= 0.3 is 0 Å². The van der Waals surface area contributed by atoms with Crippen LogP contribution in [0.1, 0.15) is 38.8 Å². The maximum Gasteiger partial charge on any atom is 0.260 e. The normalized spacial score (nSPS) is 37.2. The summed E-state index contributed by atoms with van der Waals surface area (Å²) in [5, 5.41) is 0. The van der Waals surface area contributed by atoms with E-state index in [1.165, 1.54) is 11.8 Å². The number of carbonyl (C=O) groups excluding carboxylic acids is 2. The summed E-state index contributed by atoms with van der Waals surface area (Å²) in [6, 6.07) is 5.66. The average molecular weight is 360 g/mol. The zero-order valence-corrected chi connectivity index (χ0v) is 15.5. The number of fused-ring (bicyclic) bond motifs is 2. The number of piperazine rings is 1. The molecule has 5 rings (SSSR count). The second-order valence-electron chi connectivity index (χ2n) is 8.09. The van der Waals surface area contributed by atoms with Gasteiger partial charge in [0.05, 0.1) is 6.04 Å². The number of amides is 2. The zero-order valence-electron chi connectivity index (χ0n) is 14.7. The second kappa shape index (κ2) is 4.26. The lowest BCUT2D eigenvalue weighted by molar-refractivity contribution is -0.159. The lowest BCUT2D eigenvalue weighted by Crippen LogP contribution is -2.60. The molecule has 2 bridgehead atoms. The smallest absolute Gasteiger partial charge is 0.260 e. The predicted octanol–water partition coefficient (Wildman–Crippen LogP) is 2.35. The Bertz CT molecular complexity index is 840. The Morgan fingerprint density at radius 3 is 2.60 bits per heavy atom. The predicted molar refractivity (Wildman–Crippen MR) is 92.0 cm³/mol. The largest absolute Gasteiger partial charge is 0.454 e. The number of likely N-dealkylation sites (N-methyl/N-ethyl adjacent to an activating group) is 1. The molecular formula is C18H20N2O4S. The molecule has 6 nitrogen and oxygen atoms in total. The van der Waals surface area contributed by atoms with Gasteiger partial charge in [0, 0.05) is 7.05 Å². The van der Waals surface area contributed by atoms with Crippen LogP contribution >= 0.6 is 11.8 Å². The van der Waals surface area contributed by atoms with Crippen molar-refractivity contribution in [2.24, 2.45) is 5.41 Å². The number of ether oxygens (including phenoxy) is 2. The van der Waals surface area contributed by atoms with E-state index in [1.807, 2.05) is 30.0 Å². The number of hydrogen-bond donors (Lipinski definition) is 0. The minimum atomic E-state index is -0.803. The third-order valence-electron chi connectivity index (χ3n) is 6.06. The van der Waals surface area contributed by atoms with Gasteiger partial charge in [0.2, 0.25) is 6.79 Å².